The first-order valence-corrected chi connectivity index (χ1v) is 7.81. The maximum atomic E-state index is 9.76. The van der Waals surface area contributed by atoms with E-state index in [1.165, 1.54) is 0 Å². The quantitative estimate of drug-likeness (QED) is 0.518. The molecule has 2 aromatic heterocycles. The zero-order valence-electron chi connectivity index (χ0n) is 13.2. The molecular weight excluding hydrogens is 284 g/mol. The molecule has 0 radical (unpaired) electrons. The van der Waals surface area contributed by atoms with Crippen molar-refractivity contribution in [2.75, 3.05) is 0 Å². The van der Waals surface area contributed by atoms with E-state index in [1.54, 1.807) is 0 Å². The van der Waals surface area contributed by atoms with Gasteiger partial charge in [0.2, 0.25) is 0 Å². The summed E-state index contributed by atoms with van der Waals surface area (Å²) in [7, 11) is 0. The third-order valence-electron chi connectivity index (χ3n) is 4.26. The van der Waals surface area contributed by atoms with Gasteiger partial charge in [-0.25, -0.2) is 9.97 Å². The van der Waals surface area contributed by atoms with Gasteiger partial charge in [0.05, 0.1) is 34.0 Å². The average molecular weight is 300 g/mol. The predicted molar refractivity (Wildman–Crippen MR) is 92.3 cm³/mol. The SMILES string of the molecule is CCCn1cnc2c3c(C#N)c4ccc(C)cc4nc3ccc21. The van der Waals surface area contributed by atoms with Gasteiger partial charge in [-0.1, -0.05) is 19.1 Å². The van der Waals surface area contributed by atoms with Crippen LogP contribution in [0.1, 0.15) is 24.5 Å². The summed E-state index contributed by atoms with van der Waals surface area (Å²) in [6, 6.07) is 12.4. The normalized spacial score (nSPS) is 11.3. The van der Waals surface area contributed by atoms with Gasteiger partial charge >= 0.3 is 0 Å². The van der Waals surface area contributed by atoms with Crippen LogP contribution in [-0.4, -0.2) is 14.5 Å². The third-order valence-corrected chi connectivity index (χ3v) is 4.26. The van der Waals surface area contributed by atoms with Crippen molar-refractivity contribution in [2.24, 2.45) is 0 Å². The summed E-state index contributed by atoms with van der Waals surface area (Å²) >= 11 is 0. The van der Waals surface area contributed by atoms with Gasteiger partial charge < -0.3 is 4.57 Å². The number of benzene rings is 2. The van der Waals surface area contributed by atoms with Gasteiger partial charge in [-0.2, -0.15) is 5.26 Å². The first kappa shape index (κ1) is 13.7. The third kappa shape index (κ3) is 1.97. The highest BCUT2D eigenvalue weighted by atomic mass is 15.0. The molecule has 4 aromatic rings. The van der Waals surface area contributed by atoms with Crippen molar-refractivity contribution in [2.45, 2.75) is 26.8 Å². The molecule has 0 bridgehead atoms. The van der Waals surface area contributed by atoms with Crippen LogP contribution in [0.25, 0.3) is 32.8 Å². The second kappa shape index (κ2) is 5.06. The van der Waals surface area contributed by atoms with Crippen LogP contribution < -0.4 is 0 Å². The molecule has 4 rings (SSSR count). The molecule has 0 fully saturated rings. The molecule has 0 aliphatic rings. The minimum absolute atomic E-state index is 0.664. The fraction of sp³-hybridized carbons (Fsp3) is 0.211. The molecule has 0 unspecified atom stereocenters. The molecular formula is C19H16N4. The van der Waals surface area contributed by atoms with Gasteiger partial charge in [-0.3, -0.25) is 0 Å². The second-order valence-electron chi connectivity index (χ2n) is 5.88. The lowest BCUT2D eigenvalue weighted by Gasteiger charge is -2.07. The molecule has 4 heteroatoms. The van der Waals surface area contributed by atoms with E-state index < -0.39 is 0 Å². The lowest BCUT2D eigenvalue weighted by Crippen LogP contribution is -1.95. The van der Waals surface area contributed by atoms with Crippen LogP contribution in [0.15, 0.2) is 36.7 Å². The molecule has 0 N–H and O–H groups in total. The Morgan fingerprint density at radius 3 is 2.83 bits per heavy atom. The molecule has 23 heavy (non-hydrogen) atoms. The molecule has 0 aliphatic heterocycles. The van der Waals surface area contributed by atoms with Crippen LogP contribution in [0.4, 0.5) is 0 Å². The van der Waals surface area contributed by atoms with E-state index in [4.69, 9.17) is 4.98 Å². The summed E-state index contributed by atoms with van der Waals surface area (Å²) in [5.74, 6) is 0. The number of aromatic nitrogens is 3. The lowest BCUT2D eigenvalue weighted by atomic mass is 10.0. The van der Waals surface area contributed by atoms with Gasteiger partial charge in [-0.15, -0.1) is 0 Å². The Bertz CT molecular complexity index is 1100. The Morgan fingerprint density at radius 1 is 1.17 bits per heavy atom. The first-order valence-electron chi connectivity index (χ1n) is 7.81. The Balaban J connectivity index is 2.19. The summed E-state index contributed by atoms with van der Waals surface area (Å²) in [5.41, 5.74) is 5.42. The molecule has 0 amide bonds. The highest BCUT2D eigenvalue weighted by Crippen LogP contribution is 2.31. The van der Waals surface area contributed by atoms with E-state index in [9.17, 15) is 5.26 Å². The fourth-order valence-electron chi connectivity index (χ4n) is 3.21. The largest absolute Gasteiger partial charge is 0.331 e. The van der Waals surface area contributed by atoms with Gasteiger partial charge in [0, 0.05) is 17.3 Å². The minimum Gasteiger partial charge on any atom is -0.331 e. The van der Waals surface area contributed by atoms with E-state index in [2.05, 4.69) is 28.6 Å². The number of hydrogen-bond acceptors (Lipinski definition) is 3. The Kier molecular flexibility index (Phi) is 3.02. The van der Waals surface area contributed by atoms with Crippen LogP contribution in [0.3, 0.4) is 0 Å². The zero-order chi connectivity index (χ0) is 16.0. The lowest BCUT2D eigenvalue weighted by molar-refractivity contribution is 0.697. The van der Waals surface area contributed by atoms with Crippen molar-refractivity contribution in [1.29, 1.82) is 5.26 Å². The smallest absolute Gasteiger partial charge is 0.101 e. The summed E-state index contributed by atoms with van der Waals surface area (Å²) in [6.45, 7) is 5.10. The highest BCUT2D eigenvalue weighted by molar-refractivity contribution is 6.11. The zero-order valence-corrected chi connectivity index (χ0v) is 13.2. The molecule has 2 heterocycles. The van der Waals surface area contributed by atoms with Gasteiger partial charge in [-0.05, 0) is 37.1 Å². The van der Waals surface area contributed by atoms with Crippen molar-refractivity contribution in [3.05, 3.63) is 47.8 Å². The maximum absolute atomic E-state index is 9.76. The van der Waals surface area contributed by atoms with Crippen molar-refractivity contribution < 1.29 is 0 Å². The summed E-state index contributed by atoms with van der Waals surface area (Å²) in [6.07, 6.45) is 2.90. The number of nitrogens with zero attached hydrogens (tertiary/aromatic N) is 4. The number of hydrogen-bond donors (Lipinski definition) is 0. The van der Waals surface area contributed by atoms with Crippen LogP contribution in [-0.2, 0) is 6.54 Å². The molecule has 0 aliphatic carbocycles. The number of aryl methyl sites for hydroxylation is 2. The Morgan fingerprint density at radius 2 is 2.04 bits per heavy atom. The van der Waals surface area contributed by atoms with Crippen molar-refractivity contribution in [1.82, 2.24) is 14.5 Å². The minimum atomic E-state index is 0.664. The van der Waals surface area contributed by atoms with E-state index in [0.717, 1.165) is 51.4 Å². The van der Waals surface area contributed by atoms with E-state index >= 15 is 0 Å². The topological polar surface area (TPSA) is 54.5 Å². The molecule has 4 nitrogen and oxygen atoms in total. The summed E-state index contributed by atoms with van der Waals surface area (Å²) in [4.78, 5) is 9.32. The van der Waals surface area contributed by atoms with Crippen molar-refractivity contribution in [3.8, 4) is 6.07 Å². The highest BCUT2D eigenvalue weighted by Gasteiger charge is 2.14. The van der Waals surface area contributed by atoms with Gasteiger partial charge in [0.15, 0.2) is 0 Å². The molecule has 0 atom stereocenters. The van der Waals surface area contributed by atoms with E-state index in [-0.39, 0.29) is 0 Å². The summed E-state index contributed by atoms with van der Waals surface area (Å²) < 4.78 is 2.13. The molecule has 0 saturated heterocycles. The fourth-order valence-corrected chi connectivity index (χ4v) is 3.21. The van der Waals surface area contributed by atoms with Crippen molar-refractivity contribution in [3.63, 3.8) is 0 Å². The first-order chi connectivity index (χ1) is 11.2. The summed E-state index contributed by atoms with van der Waals surface area (Å²) in [5, 5.41) is 11.5. The molecule has 2 aromatic carbocycles. The number of nitriles is 1. The van der Waals surface area contributed by atoms with Crippen molar-refractivity contribution >= 4 is 32.8 Å². The monoisotopic (exact) mass is 300 g/mol. The molecule has 0 saturated carbocycles. The Hall–Kier alpha value is -2.93. The molecule has 112 valence electrons. The van der Waals surface area contributed by atoms with Crippen LogP contribution in [0.5, 0.6) is 0 Å². The number of imidazole rings is 1. The number of rotatable bonds is 2. The van der Waals surface area contributed by atoms with Crippen LogP contribution >= 0.6 is 0 Å². The predicted octanol–water partition coefficient (Wildman–Crippen LogP) is 4.33. The Labute approximate surface area is 134 Å². The average Bonchev–Trinajstić information content (AvgIpc) is 2.96. The van der Waals surface area contributed by atoms with Crippen LogP contribution in [0.2, 0.25) is 0 Å². The number of fused-ring (bicyclic) bond motifs is 4. The van der Waals surface area contributed by atoms with E-state index in [0.29, 0.717) is 5.56 Å². The van der Waals surface area contributed by atoms with Gasteiger partial charge in [0.25, 0.3) is 0 Å². The maximum Gasteiger partial charge on any atom is 0.101 e. The van der Waals surface area contributed by atoms with Gasteiger partial charge in [0.1, 0.15) is 6.07 Å². The standard InChI is InChI=1S/C19H16N4/c1-3-8-23-11-21-19-17(23)7-6-15-18(19)14(10-20)13-5-4-12(2)9-16(13)22-15/h4-7,9,11H,3,8H2,1-2H3. The number of pyridine rings is 1. The van der Waals surface area contributed by atoms with E-state index in [1.807, 2.05) is 37.5 Å². The molecule has 0 spiro atoms. The van der Waals surface area contributed by atoms with Crippen LogP contribution in [0, 0.1) is 18.3 Å². The second-order valence-corrected chi connectivity index (χ2v) is 5.88.